The Labute approximate surface area is 208 Å². The molecule has 36 heavy (non-hydrogen) atoms. The Balaban J connectivity index is 1.95. The van der Waals surface area contributed by atoms with Gasteiger partial charge in [-0.15, -0.1) is 0 Å². The molecule has 0 N–H and O–H groups in total. The molecule has 0 fully saturated rings. The van der Waals surface area contributed by atoms with Crippen molar-refractivity contribution in [2.24, 2.45) is 0 Å². The van der Waals surface area contributed by atoms with E-state index in [4.69, 9.17) is 9.47 Å². The molecule has 2 heterocycles. The van der Waals surface area contributed by atoms with Crippen LogP contribution < -0.4 is 11.2 Å². The SMILES string of the molecule is COCCn1cnc2c1c(=O)n(CC(=O)OCC(=O)N(C(C)C)C(C)C)c(=O)n2Cc1ccccc1. The highest BCUT2D eigenvalue weighted by atomic mass is 16.5. The van der Waals surface area contributed by atoms with E-state index in [1.807, 2.05) is 58.0 Å². The summed E-state index contributed by atoms with van der Waals surface area (Å²) in [4.78, 5) is 57.8. The standard InChI is InChI=1S/C25H33N5O6/c1-17(2)30(18(3)4)20(31)15-36-21(32)14-29-24(33)22-23(26-16-27(22)11-12-35-5)28(25(29)34)13-19-9-7-6-8-10-19/h6-10,16-18H,11-15H2,1-5H3. The summed E-state index contributed by atoms with van der Waals surface area (Å²) in [6.07, 6.45) is 1.47. The predicted molar refractivity (Wildman–Crippen MR) is 134 cm³/mol. The summed E-state index contributed by atoms with van der Waals surface area (Å²) in [5.74, 6) is -1.21. The number of hydrogen-bond donors (Lipinski definition) is 0. The molecular weight excluding hydrogens is 466 g/mol. The third kappa shape index (κ3) is 5.91. The molecule has 0 radical (unpaired) electrons. The van der Waals surface area contributed by atoms with Gasteiger partial charge in [-0.05, 0) is 33.3 Å². The number of fused-ring (bicyclic) bond motifs is 1. The van der Waals surface area contributed by atoms with E-state index in [2.05, 4.69) is 4.98 Å². The fraction of sp³-hybridized carbons (Fsp3) is 0.480. The maximum absolute atomic E-state index is 13.4. The molecule has 0 aliphatic carbocycles. The Morgan fingerprint density at radius 2 is 1.69 bits per heavy atom. The maximum Gasteiger partial charge on any atom is 0.333 e. The minimum atomic E-state index is -0.858. The van der Waals surface area contributed by atoms with E-state index in [0.717, 1.165) is 10.1 Å². The summed E-state index contributed by atoms with van der Waals surface area (Å²) in [5.41, 5.74) is -0.135. The molecule has 3 aromatic rings. The number of benzene rings is 1. The Bertz CT molecular complexity index is 1310. The number of hydrogen-bond acceptors (Lipinski definition) is 7. The summed E-state index contributed by atoms with van der Waals surface area (Å²) >= 11 is 0. The minimum absolute atomic E-state index is 0.0706. The van der Waals surface area contributed by atoms with Crippen molar-refractivity contribution < 1.29 is 19.1 Å². The molecule has 0 spiro atoms. The summed E-state index contributed by atoms with van der Waals surface area (Å²) in [5, 5.41) is 0. The van der Waals surface area contributed by atoms with Gasteiger partial charge in [-0.1, -0.05) is 30.3 Å². The second-order valence-corrected chi connectivity index (χ2v) is 9.00. The highest BCUT2D eigenvalue weighted by Gasteiger charge is 2.23. The van der Waals surface area contributed by atoms with Crippen LogP contribution in [-0.2, 0) is 38.7 Å². The lowest BCUT2D eigenvalue weighted by molar-refractivity contribution is -0.154. The molecule has 3 rings (SSSR count). The largest absolute Gasteiger partial charge is 0.454 e. The van der Waals surface area contributed by atoms with Crippen molar-refractivity contribution >= 4 is 23.0 Å². The van der Waals surface area contributed by atoms with Crippen molar-refractivity contribution in [3.8, 4) is 0 Å². The van der Waals surface area contributed by atoms with Gasteiger partial charge in [0.15, 0.2) is 17.8 Å². The molecule has 1 amide bonds. The number of nitrogens with zero attached hydrogens (tertiary/aromatic N) is 5. The number of amides is 1. The lowest BCUT2D eigenvalue weighted by Gasteiger charge is -2.30. The molecule has 0 aliphatic heterocycles. The lowest BCUT2D eigenvalue weighted by Crippen LogP contribution is -2.45. The molecule has 194 valence electrons. The quantitative estimate of drug-likeness (QED) is 0.364. The van der Waals surface area contributed by atoms with Gasteiger partial charge in [-0.3, -0.25) is 19.0 Å². The van der Waals surface area contributed by atoms with Crippen molar-refractivity contribution in [2.75, 3.05) is 20.3 Å². The zero-order chi connectivity index (χ0) is 26.4. The van der Waals surface area contributed by atoms with Crippen LogP contribution in [0.5, 0.6) is 0 Å². The zero-order valence-electron chi connectivity index (χ0n) is 21.3. The van der Waals surface area contributed by atoms with Gasteiger partial charge in [0.1, 0.15) is 6.54 Å². The Morgan fingerprint density at radius 3 is 2.31 bits per heavy atom. The topological polar surface area (TPSA) is 118 Å². The van der Waals surface area contributed by atoms with E-state index in [9.17, 15) is 19.2 Å². The molecule has 11 nitrogen and oxygen atoms in total. The third-order valence-corrected chi connectivity index (χ3v) is 5.75. The van der Waals surface area contributed by atoms with Crippen LogP contribution in [0.1, 0.15) is 33.3 Å². The van der Waals surface area contributed by atoms with E-state index in [-0.39, 0.29) is 35.7 Å². The van der Waals surface area contributed by atoms with E-state index in [1.165, 1.54) is 10.9 Å². The molecule has 1 aromatic carbocycles. The van der Waals surface area contributed by atoms with Gasteiger partial charge in [-0.25, -0.2) is 14.3 Å². The van der Waals surface area contributed by atoms with Crippen LogP contribution >= 0.6 is 0 Å². The molecule has 2 aromatic heterocycles. The molecule has 11 heteroatoms. The number of rotatable bonds is 11. The first-order valence-corrected chi connectivity index (χ1v) is 11.8. The van der Waals surface area contributed by atoms with E-state index in [0.29, 0.717) is 13.2 Å². The molecule has 0 aliphatic rings. The Kier molecular flexibility index (Phi) is 8.81. The number of aromatic nitrogens is 4. The molecule has 0 saturated heterocycles. The number of esters is 1. The summed E-state index contributed by atoms with van der Waals surface area (Å²) in [6.45, 7) is 7.20. The summed E-state index contributed by atoms with van der Waals surface area (Å²) < 4.78 is 14.1. The molecule has 0 bridgehead atoms. The Hall–Kier alpha value is -3.73. The fourth-order valence-electron chi connectivity index (χ4n) is 4.21. The summed E-state index contributed by atoms with van der Waals surface area (Å²) in [7, 11) is 1.54. The zero-order valence-corrected chi connectivity index (χ0v) is 21.3. The lowest BCUT2D eigenvalue weighted by atomic mass is 10.2. The highest BCUT2D eigenvalue weighted by Crippen LogP contribution is 2.10. The van der Waals surface area contributed by atoms with Crippen LogP contribution in [0.15, 0.2) is 46.2 Å². The number of imidazole rings is 1. The average molecular weight is 500 g/mol. The van der Waals surface area contributed by atoms with Gasteiger partial charge in [0, 0.05) is 25.7 Å². The van der Waals surface area contributed by atoms with Gasteiger partial charge in [0.25, 0.3) is 11.5 Å². The van der Waals surface area contributed by atoms with Gasteiger partial charge in [0.05, 0.1) is 19.5 Å². The monoisotopic (exact) mass is 499 g/mol. The first-order chi connectivity index (χ1) is 17.1. The second kappa shape index (κ2) is 11.8. The Morgan fingerprint density at radius 1 is 1.03 bits per heavy atom. The van der Waals surface area contributed by atoms with Gasteiger partial charge >= 0.3 is 11.7 Å². The van der Waals surface area contributed by atoms with Gasteiger partial charge < -0.3 is 18.9 Å². The van der Waals surface area contributed by atoms with Crippen LogP contribution in [0.4, 0.5) is 0 Å². The van der Waals surface area contributed by atoms with Crippen molar-refractivity contribution in [1.82, 2.24) is 23.6 Å². The smallest absolute Gasteiger partial charge is 0.333 e. The minimum Gasteiger partial charge on any atom is -0.454 e. The molecular formula is C25H33N5O6. The van der Waals surface area contributed by atoms with Crippen molar-refractivity contribution in [3.05, 3.63) is 63.1 Å². The molecule has 0 saturated carbocycles. The van der Waals surface area contributed by atoms with E-state index >= 15 is 0 Å². The second-order valence-electron chi connectivity index (χ2n) is 9.00. The summed E-state index contributed by atoms with van der Waals surface area (Å²) in [6, 6.07) is 9.11. The van der Waals surface area contributed by atoms with Crippen LogP contribution in [-0.4, -0.2) is 67.9 Å². The molecule has 0 atom stereocenters. The maximum atomic E-state index is 13.4. The van der Waals surface area contributed by atoms with Crippen LogP contribution in [0, 0.1) is 0 Å². The van der Waals surface area contributed by atoms with Crippen LogP contribution in [0.2, 0.25) is 0 Å². The third-order valence-electron chi connectivity index (χ3n) is 5.75. The van der Waals surface area contributed by atoms with E-state index < -0.39 is 30.4 Å². The first kappa shape index (κ1) is 26.9. The highest BCUT2D eigenvalue weighted by molar-refractivity contribution is 5.81. The van der Waals surface area contributed by atoms with Crippen LogP contribution in [0.3, 0.4) is 0 Å². The van der Waals surface area contributed by atoms with Crippen LogP contribution in [0.25, 0.3) is 11.2 Å². The number of methoxy groups -OCH3 is 1. The number of carbonyl (C=O) groups excluding carboxylic acids is 2. The number of ether oxygens (including phenoxy) is 2. The molecule has 0 unspecified atom stereocenters. The van der Waals surface area contributed by atoms with Gasteiger partial charge in [-0.2, -0.15) is 0 Å². The van der Waals surface area contributed by atoms with Crippen molar-refractivity contribution in [1.29, 1.82) is 0 Å². The van der Waals surface area contributed by atoms with E-state index in [1.54, 1.807) is 16.6 Å². The van der Waals surface area contributed by atoms with Crippen molar-refractivity contribution in [2.45, 2.75) is 59.4 Å². The first-order valence-electron chi connectivity index (χ1n) is 11.8. The normalized spacial score (nSPS) is 11.4. The predicted octanol–water partition coefficient (Wildman–Crippen LogP) is 1.24. The van der Waals surface area contributed by atoms with Crippen molar-refractivity contribution in [3.63, 3.8) is 0 Å². The number of carbonyl (C=O) groups is 2. The average Bonchev–Trinajstić information content (AvgIpc) is 3.26. The fourth-order valence-corrected chi connectivity index (χ4v) is 4.21. The van der Waals surface area contributed by atoms with Gasteiger partial charge in [0.2, 0.25) is 0 Å².